The molecule has 0 bridgehead atoms. The Morgan fingerprint density at radius 1 is 1.39 bits per heavy atom. The normalized spacial score (nSPS) is 17.0. The molecular formula is C13H17N3O2. The summed E-state index contributed by atoms with van der Waals surface area (Å²) in [4.78, 5) is 17.8. The summed E-state index contributed by atoms with van der Waals surface area (Å²) in [5, 5.41) is 2.73. The molecule has 18 heavy (non-hydrogen) atoms. The van der Waals surface area contributed by atoms with Gasteiger partial charge in [-0.05, 0) is 30.7 Å². The Bertz CT molecular complexity index is 454. The lowest BCUT2D eigenvalue weighted by molar-refractivity contribution is 0.259. The van der Waals surface area contributed by atoms with E-state index >= 15 is 0 Å². The topological polar surface area (TPSA) is 53.9 Å². The van der Waals surface area contributed by atoms with Crippen molar-refractivity contribution in [2.24, 2.45) is 4.99 Å². The number of nitrogens with one attached hydrogen (secondary N) is 1. The van der Waals surface area contributed by atoms with Crippen LogP contribution >= 0.6 is 0 Å². The molecule has 1 N–H and O–H groups in total. The first-order valence-corrected chi connectivity index (χ1v) is 5.93. The van der Waals surface area contributed by atoms with E-state index < -0.39 is 0 Å². The number of benzene rings is 1. The summed E-state index contributed by atoms with van der Waals surface area (Å²) in [7, 11) is 3.56. The molecule has 0 radical (unpaired) electrons. The second kappa shape index (κ2) is 5.53. The minimum Gasteiger partial charge on any atom is -0.497 e. The molecule has 1 aromatic carbocycles. The number of carbonyl (C=O) groups is 1. The summed E-state index contributed by atoms with van der Waals surface area (Å²) in [6, 6.07) is 6.84. The van der Waals surface area contributed by atoms with Crippen LogP contribution in [0.15, 0.2) is 29.3 Å². The molecule has 2 amide bonds. The van der Waals surface area contributed by atoms with Crippen molar-refractivity contribution < 1.29 is 9.53 Å². The van der Waals surface area contributed by atoms with Gasteiger partial charge in [-0.15, -0.1) is 0 Å². The van der Waals surface area contributed by atoms with Crippen molar-refractivity contribution in [2.45, 2.75) is 12.8 Å². The smallest absolute Gasteiger partial charge is 0.347 e. The third-order valence-corrected chi connectivity index (χ3v) is 2.91. The van der Waals surface area contributed by atoms with E-state index in [1.807, 2.05) is 11.9 Å². The zero-order valence-electron chi connectivity index (χ0n) is 10.6. The highest BCUT2D eigenvalue weighted by molar-refractivity contribution is 6.00. The highest BCUT2D eigenvalue weighted by Gasteiger charge is 2.15. The quantitative estimate of drug-likeness (QED) is 0.872. The molecule has 2 rings (SSSR count). The van der Waals surface area contributed by atoms with Crippen LogP contribution in [0.5, 0.6) is 5.75 Å². The summed E-state index contributed by atoms with van der Waals surface area (Å²) in [6.07, 6.45) is 1.93. The number of hydrogen-bond acceptors (Lipinski definition) is 2. The van der Waals surface area contributed by atoms with Crippen LogP contribution in [0.25, 0.3) is 0 Å². The largest absolute Gasteiger partial charge is 0.497 e. The monoisotopic (exact) mass is 247 g/mol. The fraction of sp³-hybridized carbons (Fsp3) is 0.385. The van der Waals surface area contributed by atoms with Crippen LogP contribution in [0.4, 0.5) is 10.5 Å². The number of amides is 2. The molecule has 1 heterocycles. The molecule has 0 spiro atoms. The molecule has 5 heteroatoms. The summed E-state index contributed by atoms with van der Waals surface area (Å²) >= 11 is 0. The molecule has 5 nitrogen and oxygen atoms in total. The molecule has 1 aliphatic heterocycles. The van der Waals surface area contributed by atoms with Gasteiger partial charge in [0.05, 0.1) is 7.11 Å². The summed E-state index contributed by atoms with van der Waals surface area (Å²) < 4.78 is 5.05. The minimum absolute atomic E-state index is 0.330. The number of ether oxygens (including phenoxy) is 1. The van der Waals surface area contributed by atoms with Crippen molar-refractivity contribution in [3.63, 3.8) is 0 Å². The number of aliphatic imine (C=N–C) groups is 1. The zero-order chi connectivity index (χ0) is 13.0. The predicted molar refractivity (Wildman–Crippen MR) is 71.3 cm³/mol. The van der Waals surface area contributed by atoms with E-state index in [4.69, 9.17) is 4.74 Å². The van der Waals surface area contributed by atoms with Crippen LogP contribution in [-0.4, -0.2) is 37.5 Å². The minimum atomic E-state index is -0.330. The van der Waals surface area contributed by atoms with Crippen LogP contribution in [0.3, 0.4) is 0 Å². The van der Waals surface area contributed by atoms with Gasteiger partial charge < -0.3 is 15.0 Å². The number of nitrogens with zero attached hydrogens (tertiary/aromatic N) is 2. The number of carbonyl (C=O) groups excluding carboxylic acids is 1. The molecule has 1 aromatic rings. The van der Waals surface area contributed by atoms with Crippen LogP contribution in [-0.2, 0) is 0 Å². The maximum atomic E-state index is 11.7. The zero-order valence-corrected chi connectivity index (χ0v) is 10.6. The molecule has 1 saturated heterocycles. The van der Waals surface area contributed by atoms with Gasteiger partial charge in [0.1, 0.15) is 11.6 Å². The summed E-state index contributed by atoms with van der Waals surface area (Å²) in [6.45, 7) is 0.967. The number of hydrogen-bond donors (Lipinski definition) is 1. The average Bonchev–Trinajstić information content (AvgIpc) is 2.76. The van der Waals surface area contributed by atoms with Crippen LogP contribution in [0, 0.1) is 0 Å². The Hall–Kier alpha value is -2.04. The van der Waals surface area contributed by atoms with Gasteiger partial charge in [0.15, 0.2) is 0 Å². The maximum absolute atomic E-state index is 11.7. The highest BCUT2D eigenvalue weighted by atomic mass is 16.5. The van der Waals surface area contributed by atoms with Gasteiger partial charge in [-0.1, -0.05) is 0 Å². The van der Waals surface area contributed by atoms with E-state index in [9.17, 15) is 4.79 Å². The van der Waals surface area contributed by atoms with Crippen molar-refractivity contribution >= 4 is 17.6 Å². The molecule has 0 unspecified atom stereocenters. The SMILES string of the molecule is COc1ccc(NC(=O)/N=C2\CCCN2C)cc1. The lowest BCUT2D eigenvalue weighted by Crippen LogP contribution is -2.21. The Labute approximate surface area is 106 Å². The molecule has 0 aliphatic carbocycles. The van der Waals surface area contributed by atoms with Crippen molar-refractivity contribution in [1.82, 2.24) is 4.90 Å². The predicted octanol–water partition coefficient (Wildman–Crippen LogP) is 2.35. The van der Waals surface area contributed by atoms with Crippen molar-refractivity contribution in [3.8, 4) is 5.75 Å². The van der Waals surface area contributed by atoms with Crippen LogP contribution < -0.4 is 10.1 Å². The molecule has 0 saturated carbocycles. The number of methoxy groups -OCH3 is 1. The number of urea groups is 1. The van der Waals surface area contributed by atoms with Gasteiger partial charge in [0.2, 0.25) is 0 Å². The molecule has 1 aliphatic rings. The molecular weight excluding hydrogens is 230 g/mol. The van der Waals surface area contributed by atoms with E-state index in [-0.39, 0.29) is 6.03 Å². The third kappa shape index (κ3) is 3.00. The fourth-order valence-corrected chi connectivity index (χ4v) is 1.88. The first kappa shape index (κ1) is 12.4. The average molecular weight is 247 g/mol. The molecule has 0 aromatic heterocycles. The van der Waals surface area contributed by atoms with E-state index in [1.165, 1.54) is 0 Å². The number of rotatable bonds is 2. The van der Waals surface area contributed by atoms with E-state index in [0.717, 1.165) is 31.0 Å². The van der Waals surface area contributed by atoms with E-state index in [2.05, 4.69) is 10.3 Å². The van der Waals surface area contributed by atoms with Crippen molar-refractivity contribution in [2.75, 3.05) is 26.0 Å². The van der Waals surface area contributed by atoms with Gasteiger partial charge in [-0.3, -0.25) is 0 Å². The maximum Gasteiger partial charge on any atom is 0.347 e. The number of amidine groups is 1. The second-order valence-corrected chi connectivity index (χ2v) is 4.21. The van der Waals surface area contributed by atoms with Gasteiger partial charge in [0, 0.05) is 25.7 Å². The third-order valence-electron chi connectivity index (χ3n) is 2.91. The highest BCUT2D eigenvalue weighted by Crippen LogP contribution is 2.15. The number of anilines is 1. The van der Waals surface area contributed by atoms with Crippen LogP contribution in [0.1, 0.15) is 12.8 Å². The first-order chi connectivity index (χ1) is 8.69. The van der Waals surface area contributed by atoms with Crippen LogP contribution in [0.2, 0.25) is 0 Å². The Morgan fingerprint density at radius 2 is 2.11 bits per heavy atom. The summed E-state index contributed by atoms with van der Waals surface area (Å²) in [5.41, 5.74) is 0.714. The van der Waals surface area contributed by atoms with Crippen molar-refractivity contribution in [3.05, 3.63) is 24.3 Å². The standard InChI is InChI=1S/C13H17N3O2/c1-16-9-3-4-12(16)15-13(17)14-10-5-7-11(18-2)8-6-10/h5-8H,3-4,9H2,1-2H3,(H,14,17)/b15-12+. The van der Waals surface area contributed by atoms with Gasteiger partial charge in [-0.2, -0.15) is 4.99 Å². The van der Waals surface area contributed by atoms with Gasteiger partial charge in [0.25, 0.3) is 0 Å². The lowest BCUT2D eigenvalue weighted by atomic mass is 10.3. The Kier molecular flexibility index (Phi) is 3.82. The van der Waals surface area contributed by atoms with Gasteiger partial charge >= 0.3 is 6.03 Å². The van der Waals surface area contributed by atoms with E-state index in [0.29, 0.717) is 5.69 Å². The summed E-state index contributed by atoms with van der Waals surface area (Å²) in [5.74, 6) is 1.61. The Morgan fingerprint density at radius 3 is 2.67 bits per heavy atom. The van der Waals surface area contributed by atoms with E-state index in [1.54, 1.807) is 31.4 Å². The molecule has 0 atom stereocenters. The first-order valence-electron chi connectivity index (χ1n) is 5.93. The Balaban J connectivity index is 1.98. The number of likely N-dealkylation sites (tertiary alicyclic amines) is 1. The van der Waals surface area contributed by atoms with Gasteiger partial charge in [-0.25, -0.2) is 4.79 Å². The fourth-order valence-electron chi connectivity index (χ4n) is 1.88. The molecule has 1 fully saturated rings. The molecule has 96 valence electrons. The van der Waals surface area contributed by atoms with Crippen molar-refractivity contribution in [1.29, 1.82) is 0 Å². The lowest BCUT2D eigenvalue weighted by Gasteiger charge is -2.10. The second-order valence-electron chi connectivity index (χ2n) is 4.21.